The van der Waals surface area contributed by atoms with E-state index in [0.29, 0.717) is 6.04 Å². The van der Waals surface area contributed by atoms with E-state index in [0.717, 1.165) is 42.8 Å². The van der Waals surface area contributed by atoms with Crippen molar-refractivity contribution < 1.29 is 4.79 Å². The number of carbonyl (C=O) groups is 1. The number of aryl methyl sites for hydroxylation is 1. The van der Waals surface area contributed by atoms with Gasteiger partial charge in [-0.3, -0.25) is 4.79 Å². The van der Waals surface area contributed by atoms with E-state index < -0.39 is 0 Å². The first-order chi connectivity index (χ1) is 8.67. The lowest BCUT2D eigenvalue weighted by molar-refractivity contribution is 0.0693. The van der Waals surface area contributed by atoms with E-state index >= 15 is 0 Å². The van der Waals surface area contributed by atoms with Crippen LogP contribution in [0.2, 0.25) is 0 Å². The number of nitrogens with one attached hydrogen (secondary N) is 1. The number of likely N-dealkylation sites (N-methyl/N-ethyl adjacent to an activating group) is 1. The van der Waals surface area contributed by atoms with Crippen molar-refractivity contribution in [3.8, 4) is 0 Å². The highest BCUT2D eigenvalue weighted by Gasteiger charge is 2.27. The third-order valence-corrected chi connectivity index (χ3v) is 3.93. The van der Waals surface area contributed by atoms with Crippen molar-refractivity contribution in [1.29, 1.82) is 0 Å². The molecule has 0 radical (unpaired) electrons. The number of halogens is 1. The van der Waals surface area contributed by atoms with Gasteiger partial charge < -0.3 is 14.8 Å². The molecule has 1 N–H and O–H groups in total. The average Bonchev–Trinajstić information content (AvgIpc) is 2.99. The van der Waals surface area contributed by atoms with Crippen LogP contribution in [-0.4, -0.2) is 41.1 Å². The number of hydrogen-bond donors (Lipinski definition) is 1. The number of hydrogen-bond acceptors (Lipinski definition) is 2. The molecule has 1 unspecified atom stereocenters. The molecular formula is C13H20BrN3O. The maximum atomic E-state index is 12.6. The number of carbonyl (C=O) groups excluding carboxylic acids is 1. The summed E-state index contributed by atoms with van der Waals surface area (Å²) in [5, 5.41) is 3.32. The third-order valence-electron chi connectivity index (χ3n) is 3.50. The maximum Gasteiger partial charge on any atom is 0.270 e. The van der Waals surface area contributed by atoms with Gasteiger partial charge in [-0.1, -0.05) is 0 Å². The molecule has 0 bridgehead atoms. The molecule has 1 atom stereocenters. The van der Waals surface area contributed by atoms with Gasteiger partial charge >= 0.3 is 0 Å². The summed E-state index contributed by atoms with van der Waals surface area (Å²) in [6.45, 7) is 7.59. The Kier molecular flexibility index (Phi) is 4.45. The van der Waals surface area contributed by atoms with E-state index in [1.807, 2.05) is 28.7 Å². The molecule has 5 heteroatoms. The van der Waals surface area contributed by atoms with Gasteiger partial charge in [0.2, 0.25) is 0 Å². The number of rotatable bonds is 4. The predicted octanol–water partition coefficient (Wildman–Crippen LogP) is 2.09. The van der Waals surface area contributed by atoms with Gasteiger partial charge in [0.25, 0.3) is 5.91 Å². The summed E-state index contributed by atoms with van der Waals surface area (Å²) in [6, 6.07) is 2.25. The quantitative estimate of drug-likeness (QED) is 0.924. The van der Waals surface area contributed by atoms with Gasteiger partial charge in [-0.05, 0) is 48.8 Å². The first-order valence-electron chi connectivity index (χ1n) is 6.54. The Bertz CT molecular complexity index is 424. The summed E-state index contributed by atoms with van der Waals surface area (Å²) in [5.74, 6) is 0.138. The predicted molar refractivity (Wildman–Crippen MR) is 75.8 cm³/mol. The molecule has 1 aromatic rings. The average molecular weight is 314 g/mol. The Morgan fingerprint density at radius 3 is 2.94 bits per heavy atom. The van der Waals surface area contributed by atoms with Gasteiger partial charge in [-0.25, -0.2) is 0 Å². The Hall–Kier alpha value is -0.810. The fourth-order valence-corrected chi connectivity index (χ4v) is 3.00. The van der Waals surface area contributed by atoms with E-state index in [4.69, 9.17) is 0 Å². The van der Waals surface area contributed by atoms with Crippen molar-refractivity contribution in [1.82, 2.24) is 14.8 Å². The van der Waals surface area contributed by atoms with E-state index in [-0.39, 0.29) is 5.91 Å². The van der Waals surface area contributed by atoms with Gasteiger partial charge in [0, 0.05) is 36.3 Å². The molecule has 1 fully saturated rings. The van der Waals surface area contributed by atoms with E-state index in [9.17, 15) is 4.79 Å². The van der Waals surface area contributed by atoms with Gasteiger partial charge in [-0.2, -0.15) is 0 Å². The molecule has 1 saturated heterocycles. The summed E-state index contributed by atoms with van der Waals surface area (Å²) in [6.07, 6.45) is 3.02. The molecule has 0 aliphatic carbocycles. The van der Waals surface area contributed by atoms with Crippen LogP contribution in [0.15, 0.2) is 16.7 Å². The topological polar surface area (TPSA) is 37.3 Å². The molecule has 2 rings (SSSR count). The van der Waals surface area contributed by atoms with E-state index in [1.54, 1.807) is 0 Å². The largest absolute Gasteiger partial charge is 0.343 e. The minimum atomic E-state index is 0.138. The van der Waals surface area contributed by atoms with Crippen LogP contribution in [0.3, 0.4) is 0 Å². The molecule has 1 aromatic heterocycles. The molecule has 1 aliphatic rings. The molecule has 1 amide bonds. The molecule has 100 valence electrons. The van der Waals surface area contributed by atoms with Crippen molar-refractivity contribution >= 4 is 21.8 Å². The SMILES string of the molecule is CCN(C(=O)c1cc(Br)cn1CC)C1CCNC1. The summed E-state index contributed by atoms with van der Waals surface area (Å²) in [7, 11) is 0. The second-order valence-corrected chi connectivity index (χ2v) is 5.48. The van der Waals surface area contributed by atoms with Crippen molar-refractivity contribution in [3.05, 3.63) is 22.4 Å². The van der Waals surface area contributed by atoms with Crippen LogP contribution in [0.4, 0.5) is 0 Å². The highest BCUT2D eigenvalue weighted by molar-refractivity contribution is 9.10. The summed E-state index contributed by atoms with van der Waals surface area (Å²) < 4.78 is 2.96. The van der Waals surface area contributed by atoms with Crippen molar-refractivity contribution in [2.45, 2.75) is 32.9 Å². The Morgan fingerprint density at radius 1 is 1.61 bits per heavy atom. The fourth-order valence-electron chi connectivity index (χ4n) is 2.54. The Labute approximate surface area is 116 Å². The molecule has 0 spiro atoms. The first-order valence-corrected chi connectivity index (χ1v) is 7.34. The Morgan fingerprint density at radius 2 is 2.39 bits per heavy atom. The lowest BCUT2D eigenvalue weighted by Gasteiger charge is -2.27. The Balaban J connectivity index is 2.22. The van der Waals surface area contributed by atoms with Gasteiger partial charge in [0.1, 0.15) is 5.69 Å². The summed E-state index contributed by atoms with van der Waals surface area (Å²) in [4.78, 5) is 14.6. The number of amides is 1. The van der Waals surface area contributed by atoms with Crippen LogP contribution in [0.1, 0.15) is 30.8 Å². The zero-order chi connectivity index (χ0) is 13.1. The standard InChI is InChI=1S/C13H20BrN3O/c1-3-16-9-10(14)7-12(16)13(18)17(4-2)11-5-6-15-8-11/h7,9,11,15H,3-6,8H2,1-2H3. The normalized spacial score (nSPS) is 19.2. The van der Waals surface area contributed by atoms with Crippen LogP contribution in [-0.2, 0) is 6.54 Å². The maximum absolute atomic E-state index is 12.6. The minimum absolute atomic E-state index is 0.138. The molecule has 1 aliphatic heterocycles. The van der Waals surface area contributed by atoms with E-state index in [1.165, 1.54) is 0 Å². The molecule has 0 saturated carbocycles. The lowest BCUT2D eigenvalue weighted by Crippen LogP contribution is -2.42. The van der Waals surface area contributed by atoms with Crippen LogP contribution in [0.5, 0.6) is 0 Å². The monoisotopic (exact) mass is 313 g/mol. The second-order valence-electron chi connectivity index (χ2n) is 4.57. The second kappa shape index (κ2) is 5.89. The van der Waals surface area contributed by atoms with Gasteiger partial charge in [0.05, 0.1) is 0 Å². The third kappa shape index (κ3) is 2.62. The van der Waals surface area contributed by atoms with Crippen LogP contribution >= 0.6 is 15.9 Å². The first kappa shape index (κ1) is 13.6. The fraction of sp³-hybridized carbons (Fsp3) is 0.615. The number of aromatic nitrogens is 1. The van der Waals surface area contributed by atoms with E-state index in [2.05, 4.69) is 28.2 Å². The van der Waals surface area contributed by atoms with Crippen LogP contribution < -0.4 is 5.32 Å². The van der Waals surface area contributed by atoms with Gasteiger partial charge in [0.15, 0.2) is 0 Å². The zero-order valence-electron chi connectivity index (χ0n) is 10.9. The minimum Gasteiger partial charge on any atom is -0.343 e. The van der Waals surface area contributed by atoms with Crippen LogP contribution in [0, 0.1) is 0 Å². The molecule has 18 heavy (non-hydrogen) atoms. The van der Waals surface area contributed by atoms with Crippen molar-refractivity contribution in [3.63, 3.8) is 0 Å². The molecule has 2 heterocycles. The highest BCUT2D eigenvalue weighted by Crippen LogP contribution is 2.19. The molecule has 4 nitrogen and oxygen atoms in total. The lowest BCUT2D eigenvalue weighted by atomic mass is 10.2. The zero-order valence-corrected chi connectivity index (χ0v) is 12.5. The van der Waals surface area contributed by atoms with Crippen molar-refractivity contribution in [2.75, 3.05) is 19.6 Å². The summed E-state index contributed by atoms with van der Waals surface area (Å²) >= 11 is 3.44. The molecule has 0 aromatic carbocycles. The molecular weight excluding hydrogens is 294 g/mol. The summed E-state index contributed by atoms with van der Waals surface area (Å²) in [5.41, 5.74) is 0.776. The highest BCUT2D eigenvalue weighted by atomic mass is 79.9. The van der Waals surface area contributed by atoms with Gasteiger partial charge in [-0.15, -0.1) is 0 Å². The van der Waals surface area contributed by atoms with Crippen LogP contribution in [0.25, 0.3) is 0 Å². The smallest absolute Gasteiger partial charge is 0.270 e. The number of nitrogens with zero attached hydrogens (tertiary/aromatic N) is 2. The van der Waals surface area contributed by atoms with Crippen molar-refractivity contribution in [2.24, 2.45) is 0 Å².